The fourth-order valence-corrected chi connectivity index (χ4v) is 2.42. The molecule has 0 aliphatic heterocycles. The maximum absolute atomic E-state index is 12.0. The van der Waals surface area contributed by atoms with Gasteiger partial charge < -0.3 is 11.1 Å². The van der Waals surface area contributed by atoms with E-state index in [-0.39, 0.29) is 24.4 Å². The molecular weight excluding hydrogens is 252 g/mol. The van der Waals surface area contributed by atoms with E-state index < -0.39 is 0 Å². The lowest BCUT2D eigenvalue weighted by molar-refractivity contribution is 0.0923. The molecule has 1 aromatic rings. The van der Waals surface area contributed by atoms with Crippen molar-refractivity contribution in [2.45, 2.75) is 32.2 Å². The standard InChI is InChI=1S/C12H20N4O.ClH/c1-8-6-11(15-16(8)2)12(17)14-10-5-3-4-9(10)7-13;/h6,9-10H,3-5,7,13H2,1-2H3,(H,14,17);1H. The van der Waals surface area contributed by atoms with Gasteiger partial charge in [0.15, 0.2) is 0 Å². The highest BCUT2D eigenvalue weighted by Crippen LogP contribution is 2.24. The summed E-state index contributed by atoms with van der Waals surface area (Å²) in [7, 11) is 1.84. The van der Waals surface area contributed by atoms with Crippen molar-refractivity contribution in [1.82, 2.24) is 15.1 Å². The van der Waals surface area contributed by atoms with Crippen molar-refractivity contribution in [1.29, 1.82) is 0 Å². The van der Waals surface area contributed by atoms with Gasteiger partial charge in [-0.2, -0.15) is 5.10 Å². The number of carbonyl (C=O) groups excluding carboxylic acids is 1. The zero-order valence-electron chi connectivity index (χ0n) is 10.8. The number of hydrogen-bond donors (Lipinski definition) is 2. The molecule has 5 nitrogen and oxygen atoms in total. The highest BCUT2D eigenvalue weighted by molar-refractivity contribution is 5.92. The number of halogens is 1. The molecule has 1 heterocycles. The summed E-state index contributed by atoms with van der Waals surface area (Å²) in [6, 6.07) is 2.02. The third-order valence-corrected chi connectivity index (χ3v) is 3.62. The number of nitrogens with zero attached hydrogens (tertiary/aromatic N) is 2. The quantitative estimate of drug-likeness (QED) is 0.862. The summed E-state index contributed by atoms with van der Waals surface area (Å²) < 4.78 is 1.71. The van der Waals surface area contributed by atoms with Crippen LogP contribution >= 0.6 is 12.4 Å². The van der Waals surface area contributed by atoms with E-state index in [0.29, 0.717) is 18.2 Å². The zero-order chi connectivity index (χ0) is 12.4. The van der Waals surface area contributed by atoms with Crippen LogP contribution in [0, 0.1) is 12.8 Å². The van der Waals surface area contributed by atoms with Gasteiger partial charge in [0, 0.05) is 18.8 Å². The lowest BCUT2D eigenvalue weighted by Gasteiger charge is -2.18. The Balaban J connectivity index is 0.00000162. The predicted molar refractivity (Wildman–Crippen MR) is 72.8 cm³/mol. The molecule has 1 fully saturated rings. The van der Waals surface area contributed by atoms with E-state index in [1.165, 1.54) is 0 Å². The van der Waals surface area contributed by atoms with Gasteiger partial charge in [-0.05, 0) is 38.3 Å². The Morgan fingerprint density at radius 3 is 2.89 bits per heavy atom. The summed E-state index contributed by atoms with van der Waals surface area (Å²) in [6.45, 7) is 2.58. The second-order valence-electron chi connectivity index (χ2n) is 4.80. The van der Waals surface area contributed by atoms with Gasteiger partial charge in [0.05, 0.1) is 0 Å². The number of aromatic nitrogens is 2. The van der Waals surface area contributed by atoms with E-state index in [1.807, 2.05) is 20.0 Å². The molecule has 1 aromatic heterocycles. The van der Waals surface area contributed by atoms with Crippen molar-refractivity contribution in [3.05, 3.63) is 17.5 Å². The van der Waals surface area contributed by atoms with Gasteiger partial charge in [-0.25, -0.2) is 0 Å². The minimum Gasteiger partial charge on any atom is -0.348 e. The molecule has 0 saturated heterocycles. The van der Waals surface area contributed by atoms with Crippen LogP contribution in [0.3, 0.4) is 0 Å². The van der Waals surface area contributed by atoms with Crippen LogP contribution in [-0.4, -0.2) is 28.3 Å². The van der Waals surface area contributed by atoms with Crippen molar-refractivity contribution in [2.24, 2.45) is 18.7 Å². The van der Waals surface area contributed by atoms with Crippen molar-refractivity contribution in [3.8, 4) is 0 Å². The number of nitrogens with one attached hydrogen (secondary N) is 1. The molecule has 1 saturated carbocycles. The average Bonchev–Trinajstić information content (AvgIpc) is 2.86. The molecule has 0 spiro atoms. The third kappa shape index (κ3) is 3.03. The Kier molecular flexibility index (Phi) is 5.16. The summed E-state index contributed by atoms with van der Waals surface area (Å²) in [5, 5.41) is 7.22. The first-order valence-corrected chi connectivity index (χ1v) is 6.13. The largest absolute Gasteiger partial charge is 0.348 e. The molecule has 0 aromatic carbocycles. The first kappa shape index (κ1) is 15.0. The summed E-state index contributed by atoms with van der Waals surface area (Å²) in [5.74, 6) is 0.336. The number of aryl methyl sites for hydroxylation is 2. The lowest BCUT2D eigenvalue weighted by atomic mass is 10.0. The molecule has 2 rings (SSSR count). The normalized spacial score (nSPS) is 22.6. The van der Waals surface area contributed by atoms with Crippen molar-refractivity contribution >= 4 is 18.3 Å². The molecule has 102 valence electrons. The van der Waals surface area contributed by atoms with Crippen LogP contribution in [0.4, 0.5) is 0 Å². The number of carbonyl (C=O) groups is 1. The number of amides is 1. The van der Waals surface area contributed by atoms with Gasteiger partial charge in [0.25, 0.3) is 5.91 Å². The van der Waals surface area contributed by atoms with Crippen LogP contribution in [0.2, 0.25) is 0 Å². The van der Waals surface area contributed by atoms with Gasteiger partial charge >= 0.3 is 0 Å². The predicted octanol–water partition coefficient (Wildman–Crippen LogP) is 1.01. The van der Waals surface area contributed by atoms with E-state index in [0.717, 1.165) is 25.0 Å². The second-order valence-corrected chi connectivity index (χ2v) is 4.80. The summed E-state index contributed by atoms with van der Waals surface area (Å²) in [6.07, 6.45) is 3.29. The van der Waals surface area contributed by atoms with Crippen LogP contribution < -0.4 is 11.1 Å². The molecule has 18 heavy (non-hydrogen) atoms. The molecule has 1 aliphatic carbocycles. The summed E-state index contributed by atoms with van der Waals surface area (Å²) >= 11 is 0. The van der Waals surface area contributed by atoms with Crippen LogP contribution in [0.25, 0.3) is 0 Å². The van der Waals surface area contributed by atoms with Crippen molar-refractivity contribution < 1.29 is 4.79 Å². The Labute approximate surface area is 114 Å². The minimum atomic E-state index is -0.0842. The first-order chi connectivity index (χ1) is 8.11. The number of rotatable bonds is 3. The first-order valence-electron chi connectivity index (χ1n) is 6.13. The van der Waals surface area contributed by atoms with Gasteiger partial charge in [0.2, 0.25) is 0 Å². The monoisotopic (exact) mass is 272 g/mol. The van der Waals surface area contributed by atoms with Crippen molar-refractivity contribution in [3.63, 3.8) is 0 Å². The van der Waals surface area contributed by atoms with E-state index >= 15 is 0 Å². The summed E-state index contributed by atoms with van der Waals surface area (Å²) in [5.41, 5.74) is 7.17. The Bertz CT molecular complexity index is 399. The SMILES string of the molecule is Cc1cc(C(=O)NC2CCCC2CN)nn1C.Cl. The zero-order valence-corrected chi connectivity index (χ0v) is 11.7. The maximum atomic E-state index is 12.0. The Morgan fingerprint density at radius 2 is 2.33 bits per heavy atom. The van der Waals surface area contributed by atoms with E-state index in [1.54, 1.807) is 4.68 Å². The average molecular weight is 273 g/mol. The van der Waals surface area contributed by atoms with E-state index in [9.17, 15) is 4.79 Å². The Morgan fingerprint density at radius 1 is 1.61 bits per heavy atom. The highest BCUT2D eigenvalue weighted by Gasteiger charge is 2.28. The van der Waals surface area contributed by atoms with Crippen LogP contribution in [-0.2, 0) is 7.05 Å². The van der Waals surface area contributed by atoms with Gasteiger partial charge in [-0.1, -0.05) is 6.42 Å². The molecule has 2 atom stereocenters. The highest BCUT2D eigenvalue weighted by atomic mass is 35.5. The van der Waals surface area contributed by atoms with Crippen LogP contribution in [0.15, 0.2) is 6.07 Å². The fourth-order valence-electron chi connectivity index (χ4n) is 2.42. The van der Waals surface area contributed by atoms with Gasteiger partial charge in [-0.3, -0.25) is 9.48 Å². The van der Waals surface area contributed by atoms with E-state index in [2.05, 4.69) is 10.4 Å². The smallest absolute Gasteiger partial charge is 0.272 e. The van der Waals surface area contributed by atoms with Gasteiger partial charge in [-0.15, -0.1) is 12.4 Å². The number of hydrogen-bond acceptors (Lipinski definition) is 3. The molecule has 0 radical (unpaired) electrons. The maximum Gasteiger partial charge on any atom is 0.272 e. The minimum absolute atomic E-state index is 0. The topological polar surface area (TPSA) is 72.9 Å². The molecule has 6 heteroatoms. The van der Waals surface area contributed by atoms with Crippen LogP contribution in [0.5, 0.6) is 0 Å². The molecule has 1 amide bonds. The third-order valence-electron chi connectivity index (χ3n) is 3.62. The molecule has 0 bridgehead atoms. The lowest BCUT2D eigenvalue weighted by Crippen LogP contribution is -2.40. The summed E-state index contributed by atoms with van der Waals surface area (Å²) in [4.78, 5) is 12.0. The Hall–Kier alpha value is -1.07. The number of nitrogens with two attached hydrogens (primary N) is 1. The fraction of sp³-hybridized carbons (Fsp3) is 0.667. The molecule has 3 N–H and O–H groups in total. The molecular formula is C12H21ClN4O. The van der Waals surface area contributed by atoms with E-state index in [4.69, 9.17) is 5.73 Å². The van der Waals surface area contributed by atoms with Gasteiger partial charge in [0.1, 0.15) is 5.69 Å². The molecule has 1 aliphatic rings. The second kappa shape index (κ2) is 6.20. The molecule has 2 unspecified atom stereocenters. The van der Waals surface area contributed by atoms with Crippen molar-refractivity contribution in [2.75, 3.05) is 6.54 Å². The van der Waals surface area contributed by atoms with Crippen LogP contribution in [0.1, 0.15) is 35.4 Å².